The smallest absolute Gasteiger partial charge is 0.365 e. The quantitative estimate of drug-likeness (QED) is 0.764. The molecule has 3 aromatic rings. The van der Waals surface area contributed by atoms with Gasteiger partial charge in [0, 0.05) is 11.6 Å². The number of phenols is 1. The van der Waals surface area contributed by atoms with Crippen LogP contribution in [0.4, 0.5) is 0 Å². The van der Waals surface area contributed by atoms with Crippen LogP contribution in [0.3, 0.4) is 0 Å². The van der Waals surface area contributed by atoms with Gasteiger partial charge in [0.25, 0.3) is 0 Å². The van der Waals surface area contributed by atoms with Crippen LogP contribution in [0.25, 0.3) is 5.69 Å². The topological polar surface area (TPSA) is 93.0 Å². The van der Waals surface area contributed by atoms with Crippen molar-refractivity contribution >= 4 is 11.6 Å². The van der Waals surface area contributed by atoms with Gasteiger partial charge in [0.2, 0.25) is 0 Å². The fraction of sp³-hybridized carbons (Fsp3) is 0.133. The number of hydrogen-bond acceptors (Lipinski definition) is 5. The minimum absolute atomic E-state index is 0.00562. The first kappa shape index (κ1) is 15.1. The molecule has 0 bridgehead atoms. The lowest BCUT2D eigenvalue weighted by atomic mass is 10.2. The molecule has 1 heterocycles. The Kier molecular flexibility index (Phi) is 4.03. The minimum atomic E-state index is -0.429. The van der Waals surface area contributed by atoms with E-state index in [9.17, 15) is 9.90 Å². The zero-order valence-electron chi connectivity index (χ0n) is 12.2. The number of nitrogens with one attached hydrogen (secondary N) is 1. The molecule has 2 aromatic carbocycles. The molecule has 0 unspecified atom stereocenters. The number of benzene rings is 2. The number of aromatic hydroxyl groups is 1. The highest BCUT2D eigenvalue weighted by Gasteiger charge is 2.11. The van der Waals surface area contributed by atoms with Crippen molar-refractivity contribution in [3.05, 3.63) is 63.0 Å². The lowest BCUT2D eigenvalue weighted by Gasteiger charge is -2.12. The highest BCUT2D eigenvalue weighted by Crippen LogP contribution is 2.31. The maximum Gasteiger partial charge on any atom is 0.365 e. The summed E-state index contributed by atoms with van der Waals surface area (Å²) in [6.07, 6.45) is 0. The van der Waals surface area contributed by atoms with Crippen molar-refractivity contribution < 1.29 is 9.84 Å². The average molecular weight is 333 g/mol. The van der Waals surface area contributed by atoms with Crippen LogP contribution >= 0.6 is 11.6 Å². The standard InChI is InChI=1S/C15H13ClN4O3/c1-9-6-13(21)11(16)7-14(9)23-8-10-4-2-3-5-12(10)20-15(22)17-18-19-20/h2-7,21H,8H2,1H3,(H,17,19,22). The van der Waals surface area contributed by atoms with E-state index in [1.54, 1.807) is 25.1 Å². The summed E-state index contributed by atoms with van der Waals surface area (Å²) < 4.78 is 6.93. The molecule has 2 N–H and O–H groups in total. The third-order valence-corrected chi connectivity index (χ3v) is 3.62. The Morgan fingerprint density at radius 3 is 2.87 bits per heavy atom. The molecule has 0 aliphatic rings. The van der Waals surface area contributed by atoms with Crippen LogP contribution < -0.4 is 10.4 Å². The molecule has 0 aliphatic heterocycles. The van der Waals surface area contributed by atoms with Gasteiger partial charge in [0.15, 0.2) is 0 Å². The summed E-state index contributed by atoms with van der Waals surface area (Å²) >= 11 is 5.90. The Morgan fingerprint density at radius 1 is 1.35 bits per heavy atom. The zero-order valence-corrected chi connectivity index (χ0v) is 12.9. The zero-order chi connectivity index (χ0) is 16.4. The van der Waals surface area contributed by atoms with Gasteiger partial charge in [-0.3, -0.25) is 0 Å². The Hall–Kier alpha value is -2.80. The van der Waals surface area contributed by atoms with Crippen molar-refractivity contribution in [2.45, 2.75) is 13.5 Å². The Balaban J connectivity index is 1.89. The number of H-pyrrole nitrogens is 1. The van der Waals surface area contributed by atoms with E-state index < -0.39 is 5.69 Å². The number of hydrogen-bond donors (Lipinski definition) is 2. The third kappa shape index (κ3) is 3.04. The van der Waals surface area contributed by atoms with E-state index >= 15 is 0 Å². The summed E-state index contributed by atoms with van der Waals surface area (Å²) in [5.74, 6) is 0.557. The van der Waals surface area contributed by atoms with Gasteiger partial charge >= 0.3 is 5.69 Å². The number of aryl methyl sites for hydroxylation is 1. The van der Waals surface area contributed by atoms with E-state index in [0.717, 1.165) is 15.8 Å². The number of halogens is 1. The first-order valence-corrected chi connectivity index (χ1v) is 7.14. The fourth-order valence-electron chi connectivity index (χ4n) is 2.15. The molecule has 1 aromatic heterocycles. The van der Waals surface area contributed by atoms with Crippen LogP contribution in [-0.2, 0) is 6.61 Å². The van der Waals surface area contributed by atoms with Crippen molar-refractivity contribution in [3.63, 3.8) is 0 Å². The summed E-state index contributed by atoms with van der Waals surface area (Å²) in [5.41, 5.74) is 1.66. The van der Waals surface area contributed by atoms with Gasteiger partial charge in [-0.2, -0.15) is 4.68 Å². The maximum absolute atomic E-state index is 11.7. The van der Waals surface area contributed by atoms with Crippen LogP contribution in [0, 0.1) is 6.92 Å². The summed E-state index contributed by atoms with van der Waals surface area (Å²) in [4.78, 5) is 11.7. The predicted molar refractivity (Wildman–Crippen MR) is 84.2 cm³/mol. The Morgan fingerprint density at radius 2 is 2.13 bits per heavy atom. The number of aromatic amines is 1. The van der Waals surface area contributed by atoms with Gasteiger partial charge in [0.05, 0.1) is 10.7 Å². The van der Waals surface area contributed by atoms with Crippen LogP contribution in [-0.4, -0.2) is 25.3 Å². The second-order valence-corrected chi connectivity index (χ2v) is 5.31. The molecule has 8 heteroatoms. The lowest BCUT2D eigenvalue weighted by molar-refractivity contribution is 0.303. The number of para-hydroxylation sites is 1. The van der Waals surface area contributed by atoms with Crippen molar-refractivity contribution in [1.82, 2.24) is 20.2 Å². The largest absolute Gasteiger partial charge is 0.506 e. The molecular formula is C15H13ClN4O3. The molecule has 23 heavy (non-hydrogen) atoms. The van der Waals surface area contributed by atoms with E-state index in [2.05, 4.69) is 15.5 Å². The molecule has 0 atom stereocenters. The Bertz CT molecular complexity index is 904. The number of aromatic nitrogens is 4. The summed E-state index contributed by atoms with van der Waals surface area (Å²) in [6, 6.07) is 10.3. The first-order valence-electron chi connectivity index (χ1n) is 6.77. The highest BCUT2D eigenvalue weighted by atomic mass is 35.5. The Labute approximate surface area is 136 Å². The fourth-order valence-corrected chi connectivity index (χ4v) is 2.31. The molecule has 0 aliphatic carbocycles. The van der Waals surface area contributed by atoms with Crippen LogP contribution in [0.1, 0.15) is 11.1 Å². The molecular weight excluding hydrogens is 320 g/mol. The molecule has 0 saturated carbocycles. The SMILES string of the molecule is Cc1cc(O)c(Cl)cc1OCc1ccccc1-n1nn[nH]c1=O. The van der Waals surface area contributed by atoms with Crippen LogP contribution in [0.5, 0.6) is 11.5 Å². The summed E-state index contributed by atoms with van der Waals surface area (Å²) in [6.45, 7) is 2.01. The van der Waals surface area contributed by atoms with E-state index in [4.69, 9.17) is 16.3 Å². The number of rotatable bonds is 4. The van der Waals surface area contributed by atoms with E-state index in [1.807, 2.05) is 12.1 Å². The molecule has 0 spiro atoms. The molecule has 0 saturated heterocycles. The van der Waals surface area contributed by atoms with Crippen molar-refractivity contribution in [2.75, 3.05) is 0 Å². The summed E-state index contributed by atoms with van der Waals surface area (Å²) in [7, 11) is 0. The van der Waals surface area contributed by atoms with Gasteiger partial charge in [-0.05, 0) is 35.0 Å². The predicted octanol–water partition coefficient (Wildman–Crippen LogP) is 2.20. The van der Waals surface area contributed by atoms with Crippen LogP contribution in [0.2, 0.25) is 5.02 Å². The molecule has 7 nitrogen and oxygen atoms in total. The lowest BCUT2D eigenvalue weighted by Crippen LogP contribution is -2.18. The number of tetrazole rings is 1. The first-order chi connectivity index (χ1) is 11.1. The monoisotopic (exact) mass is 332 g/mol. The second-order valence-electron chi connectivity index (χ2n) is 4.90. The van der Waals surface area contributed by atoms with Crippen molar-refractivity contribution in [2.24, 2.45) is 0 Å². The van der Waals surface area contributed by atoms with E-state index in [-0.39, 0.29) is 17.4 Å². The molecule has 118 valence electrons. The van der Waals surface area contributed by atoms with Crippen molar-refractivity contribution in [1.29, 1.82) is 0 Å². The number of nitrogens with zero attached hydrogens (tertiary/aromatic N) is 3. The molecule has 0 radical (unpaired) electrons. The van der Waals surface area contributed by atoms with E-state index in [1.165, 1.54) is 6.07 Å². The highest BCUT2D eigenvalue weighted by molar-refractivity contribution is 6.32. The van der Waals surface area contributed by atoms with Gasteiger partial charge in [-0.15, -0.1) is 0 Å². The third-order valence-electron chi connectivity index (χ3n) is 3.32. The summed E-state index contributed by atoms with van der Waals surface area (Å²) in [5, 5.41) is 19.2. The van der Waals surface area contributed by atoms with Crippen molar-refractivity contribution in [3.8, 4) is 17.2 Å². The maximum atomic E-state index is 11.7. The molecule has 0 fully saturated rings. The molecule has 3 rings (SSSR count). The number of phenolic OH excluding ortho intramolecular Hbond substituents is 1. The minimum Gasteiger partial charge on any atom is -0.506 e. The van der Waals surface area contributed by atoms with Gasteiger partial charge in [0.1, 0.15) is 18.1 Å². The second kappa shape index (κ2) is 6.13. The average Bonchev–Trinajstić information content (AvgIpc) is 2.96. The van der Waals surface area contributed by atoms with Crippen LogP contribution in [0.15, 0.2) is 41.2 Å². The normalized spacial score (nSPS) is 10.7. The van der Waals surface area contributed by atoms with Gasteiger partial charge in [-0.25, -0.2) is 9.89 Å². The van der Waals surface area contributed by atoms with Gasteiger partial charge < -0.3 is 9.84 Å². The van der Waals surface area contributed by atoms with E-state index in [0.29, 0.717) is 11.4 Å². The molecule has 0 amide bonds. The number of ether oxygens (including phenoxy) is 1. The van der Waals surface area contributed by atoms with Gasteiger partial charge in [-0.1, -0.05) is 29.8 Å².